The fourth-order valence-corrected chi connectivity index (χ4v) is 1.37. The van der Waals surface area contributed by atoms with E-state index in [0.717, 1.165) is 5.56 Å². The van der Waals surface area contributed by atoms with E-state index in [2.05, 4.69) is 5.48 Å². The summed E-state index contributed by atoms with van der Waals surface area (Å²) < 4.78 is 0. The van der Waals surface area contributed by atoms with Gasteiger partial charge in [0, 0.05) is 6.54 Å². The lowest BCUT2D eigenvalue weighted by molar-refractivity contribution is -0.140. The summed E-state index contributed by atoms with van der Waals surface area (Å²) in [5, 5.41) is 9.16. The van der Waals surface area contributed by atoms with E-state index >= 15 is 0 Å². The Morgan fingerprint density at radius 1 is 1.35 bits per heavy atom. The first-order valence-corrected chi connectivity index (χ1v) is 5.59. The van der Waals surface area contributed by atoms with Crippen LogP contribution in [0, 0.1) is 0 Å². The lowest BCUT2D eigenvalue weighted by Crippen LogP contribution is -2.34. The van der Waals surface area contributed by atoms with E-state index in [1.165, 1.54) is 0 Å². The molecule has 1 aromatic rings. The van der Waals surface area contributed by atoms with E-state index in [1.54, 1.807) is 12.1 Å². The van der Waals surface area contributed by atoms with Crippen LogP contribution in [0.15, 0.2) is 30.3 Å². The van der Waals surface area contributed by atoms with Crippen LogP contribution in [-0.2, 0) is 9.63 Å². The van der Waals surface area contributed by atoms with Crippen molar-refractivity contribution in [3.05, 3.63) is 35.9 Å². The van der Waals surface area contributed by atoms with Gasteiger partial charge in [-0.1, -0.05) is 30.3 Å². The fourth-order valence-electron chi connectivity index (χ4n) is 1.37. The third kappa shape index (κ3) is 4.97. The maximum atomic E-state index is 11.2. The second-order valence-electron chi connectivity index (χ2n) is 4.86. The number of carbonyl (C=O) groups is 1. The Balaban J connectivity index is 2.60. The molecule has 17 heavy (non-hydrogen) atoms. The quantitative estimate of drug-likeness (QED) is 0.771. The van der Waals surface area contributed by atoms with Gasteiger partial charge in [0.2, 0.25) is 0 Å². The van der Waals surface area contributed by atoms with Crippen molar-refractivity contribution in [2.45, 2.75) is 32.3 Å². The molecule has 1 rings (SSSR count). The van der Waals surface area contributed by atoms with Crippen molar-refractivity contribution in [1.82, 2.24) is 5.48 Å². The largest absolute Gasteiger partial charge is 0.481 e. The Labute approximate surface area is 102 Å². The van der Waals surface area contributed by atoms with Gasteiger partial charge in [-0.15, -0.1) is 0 Å². The SMILES string of the molecule is CC(C)(C)ONCC(C(=O)O)c1ccccc1. The summed E-state index contributed by atoms with van der Waals surface area (Å²) in [4.78, 5) is 16.5. The molecule has 0 saturated heterocycles. The summed E-state index contributed by atoms with van der Waals surface area (Å²) in [7, 11) is 0. The molecular formula is C13H19NO3. The van der Waals surface area contributed by atoms with E-state index in [-0.39, 0.29) is 12.1 Å². The van der Waals surface area contributed by atoms with Crippen molar-refractivity contribution in [3.8, 4) is 0 Å². The summed E-state index contributed by atoms with van der Waals surface area (Å²) in [6, 6.07) is 9.13. The third-order valence-electron chi connectivity index (χ3n) is 2.17. The Morgan fingerprint density at radius 2 is 1.94 bits per heavy atom. The molecule has 94 valence electrons. The van der Waals surface area contributed by atoms with E-state index in [9.17, 15) is 4.79 Å². The zero-order valence-corrected chi connectivity index (χ0v) is 10.4. The lowest BCUT2D eigenvalue weighted by atomic mass is 10.00. The van der Waals surface area contributed by atoms with E-state index < -0.39 is 11.9 Å². The summed E-state index contributed by atoms with van der Waals surface area (Å²) in [6.07, 6.45) is 0. The van der Waals surface area contributed by atoms with Gasteiger partial charge in [0.15, 0.2) is 0 Å². The molecule has 0 aliphatic rings. The highest BCUT2D eigenvalue weighted by atomic mass is 16.7. The Hall–Kier alpha value is -1.39. The Bertz CT molecular complexity index is 357. The molecule has 0 heterocycles. The second-order valence-corrected chi connectivity index (χ2v) is 4.86. The average Bonchev–Trinajstić information content (AvgIpc) is 2.23. The molecule has 0 fully saturated rings. The van der Waals surface area contributed by atoms with E-state index in [1.807, 2.05) is 39.0 Å². The summed E-state index contributed by atoms with van der Waals surface area (Å²) in [5.41, 5.74) is 3.16. The highest BCUT2D eigenvalue weighted by Gasteiger charge is 2.20. The Kier molecular flexibility index (Phi) is 4.66. The van der Waals surface area contributed by atoms with Crippen LogP contribution in [0.4, 0.5) is 0 Å². The van der Waals surface area contributed by atoms with Gasteiger partial charge in [-0.05, 0) is 26.3 Å². The molecule has 4 nitrogen and oxygen atoms in total. The molecule has 0 radical (unpaired) electrons. The van der Waals surface area contributed by atoms with Gasteiger partial charge < -0.3 is 5.11 Å². The first-order valence-electron chi connectivity index (χ1n) is 5.59. The van der Waals surface area contributed by atoms with Crippen molar-refractivity contribution in [2.24, 2.45) is 0 Å². The van der Waals surface area contributed by atoms with Gasteiger partial charge in [-0.2, -0.15) is 0 Å². The number of carboxylic acids is 1. The van der Waals surface area contributed by atoms with Crippen LogP contribution in [0.1, 0.15) is 32.3 Å². The van der Waals surface area contributed by atoms with Crippen LogP contribution < -0.4 is 5.48 Å². The van der Waals surface area contributed by atoms with E-state index in [0.29, 0.717) is 0 Å². The van der Waals surface area contributed by atoms with Gasteiger partial charge in [0.25, 0.3) is 0 Å². The minimum Gasteiger partial charge on any atom is -0.481 e. The number of aliphatic carboxylic acids is 1. The third-order valence-corrected chi connectivity index (χ3v) is 2.17. The molecule has 0 saturated carbocycles. The highest BCUT2D eigenvalue weighted by Crippen LogP contribution is 2.15. The standard InChI is InChI=1S/C13H19NO3/c1-13(2,3)17-14-9-11(12(15)16)10-7-5-4-6-8-10/h4-8,11,14H,9H2,1-3H3,(H,15,16). The second kappa shape index (κ2) is 5.80. The molecule has 0 aromatic heterocycles. The van der Waals surface area contributed by atoms with Crippen molar-refractivity contribution in [3.63, 3.8) is 0 Å². The van der Waals surface area contributed by atoms with Gasteiger partial charge in [-0.25, -0.2) is 5.48 Å². The lowest BCUT2D eigenvalue weighted by Gasteiger charge is -2.21. The maximum absolute atomic E-state index is 11.2. The summed E-state index contributed by atoms with van der Waals surface area (Å²) >= 11 is 0. The molecule has 0 aliphatic carbocycles. The van der Waals surface area contributed by atoms with Gasteiger partial charge >= 0.3 is 5.97 Å². The van der Waals surface area contributed by atoms with E-state index in [4.69, 9.17) is 9.94 Å². The molecule has 0 spiro atoms. The van der Waals surface area contributed by atoms with Crippen molar-refractivity contribution >= 4 is 5.97 Å². The molecule has 2 N–H and O–H groups in total. The molecule has 0 amide bonds. The summed E-state index contributed by atoms with van der Waals surface area (Å²) in [5.74, 6) is -1.46. The van der Waals surface area contributed by atoms with Gasteiger partial charge in [0.05, 0.1) is 11.5 Å². The highest BCUT2D eigenvalue weighted by molar-refractivity contribution is 5.76. The molecule has 1 unspecified atom stereocenters. The van der Waals surface area contributed by atoms with Crippen LogP contribution >= 0.6 is 0 Å². The smallest absolute Gasteiger partial charge is 0.312 e. The van der Waals surface area contributed by atoms with Crippen molar-refractivity contribution in [1.29, 1.82) is 0 Å². The van der Waals surface area contributed by atoms with Crippen LogP contribution in [0.3, 0.4) is 0 Å². The zero-order chi connectivity index (χ0) is 12.9. The van der Waals surface area contributed by atoms with Crippen LogP contribution in [0.2, 0.25) is 0 Å². The van der Waals surface area contributed by atoms with Crippen molar-refractivity contribution < 1.29 is 14.7 Å². The average molecular weight is 237 g/mol. The molecule has 1 atom stereocenters. The maximum Gasteiger partial charge on any atom is 0.312 e. The molecule has 1 aromatic carbocycles. The number of hydrogen-bond acceptors (Lipinski definition) is 3. The predicted octanol–water partition coefficient (Wildman–Crippen LogP) is 2.17. The molecule has 4 heteroatoms. The fraction of sp³-hybridized carbons (Fsp3) is 0.462. The van der Waals surface area contributed by atoms with Crippen molar-refractivity contribution in [2.75, 3.05) is 6.54 Å². The minimum absolute atomic E-state index is 0.247. The first kappa shape index (κ1) is 13.7. The summed E-state index contributed by atoms with van der Waals surface area (Å²) in [6.45, 7) is 5.95. The number of benzene rings is 1. The topological polar surface area (TPSA) is 58.6 Å². The monoisotopic (exact) mass is 237 g/mol. The van der Waals surface area contributed by atoms with Crippen LogP contribution in [-0.4, -0.2) is 23.2 Å². The Morgan fingerprint density at radius 3 is 2.41 bits per heavy atom. The van der Waals surface area contributed by atoms with Gasteiger partial charge in [-0.3, -0.25) is 9.63 Å². The molecular weight excluding hydrogens is 218 g/mol. The molecule has 0 aliphatic heterocycles. The predicted molar refractivity (Wildman–Crippen MR) is 65.7 cm³/mol. The number of carboxylic acid groups (broad SMARTS) is 1. The number of rotatable bonds is 5. The normalized spacial score (nSPS) is 13.4. The number of hydrogen-bond donors (Lipinski definition) is 2. The van der Waals surface area contributed by atoms with Crippen LogP contribution in [0.25, 0.3) is 0 Å². The van der Waals surface area contributed by atoms with Gasteiger partial charge in [0.1, 0.15) is 0 Å². The molecule has 0 bridgehead atoms. The van der Waals surface area contributed by atoms with Crippen LogP contribution in [0.5, 0.6) is 0 Å². The zero-order valence-electron chi connectivity index (χ0n) is 10.4. The number of nitrogens with one attached hydrogen (secondary N) is 1. The minimum atomic E-state index is -0.860. The number of hydroxylamine groups is 1. The first-order chi connectivity index (χ1) is 7.90.